The summed E-state index contributed by atoms with van der Waals surface area (Å²) in [4.78, 5) is 30.9. The molecule has 1 aliphatic carbocycles. The number of carbonyl (C=O) groups excluding carboxylic acids is 2. The van der Waals surface area contributed by atoms with Crippen LogP contribution in [0.15, 0.2) is 72.8 Å². The van der Waals surface area contributed by atoms with E-state index in [1.165, 1.54) is 0 Å². The van der Waals surface area contributed by atoms with E-state index in [1.54, 1.807) is 20.1 Å². The number of likely N-dealkylation sites (N-methyl/N-ethyl adjacent to an activating group) is 1. The van der Waals surface area contributed by atoms with Gasteiger partial charge in [-0.15, -0.1) is 0 Å². The molecular formula is C34H39Cl2N3O3. The van der Waals surface area contributed by atoms with Crippen molar-refractivity contribution in [3.63, 3.8) is 0 Å². The molecule has 42 heavy (non-hydrogen) atoms. The molecule has 1 N–H and O–H groups in total. The Bertz CT molecular complexity index is 1420. The number of carbonyl (C=O) groups is 2. The molecule has 0 aromatic heterocycles. The van der Waals surface area contributed by atoms with Crippen LogP contribution in [0.4, 0.5) is 0 Å². The van der Waals surface area contributed by atoms with Gasteiger partial charge in [0, 0.05) is 33.6 Å². The molecule has 2 fully saturated rings. The highest BCUT2D eigenvalue weighted by Crippen LogP contribution is 2.57. The average Bonchev–Trinajstić information content (AvgIpc) is 3.73. The van der Waals surface area contributed by atoms with Crippen LogP contribution in [0.3, 0.4) is 0 Å². The fourth-order valence-corrected chi connectivity index (χ4v) is 6.97. The summed E-state index contributed by atoms with van der Waals surface area (Å²) in [5.41, 5.74) is 2.04. The first-order chi connectivity index (χ1) is 20.1. The van der Waals surface area contributed by atoms with Gasteiger partial charge in [-0.2, -0.15) is 0 Å². The Morgan fingerprint density at radius 2 is 1.67 bits per heavy atom. The zero-order valence-electron chi connectivity index (χ0n) is 24.7. The van der Waals surface area contributed by atoms with Gasteiger partial charge in [-0.25, -0.2) is 0 Å². The van der Waals surface area contributed by atoms with Gasteiger partial charge in [0.1, 0.15) is 5.75 Å². The van der Waals surface area contributed by atoms with Crippen LogP contribution in [0.1, 0.15) is 55.8 Å². The number of hydrogen-bond donors (Lipinski definition) is 1. The number of hydrogen-bond acceptors (Lipinski definition) is 4. The molecule has 0 spiro atoms. The lowest BCUT2D eigenvalue weighted by Gasteiger charge is -2.43. The number of piperidine rings is 1. The third kappa shape index (κ3) is 5.90. The van der Waals surface area contributed by atoms with E-state index >= 15 is 0 Å². The van der Waals surface area contributed by atoms with Crippen molar-refractivity contribution in [2.75, 3.05) is 33.8 Å². The van der Waals surface area contributed by atoms with E-state index in [2.05, 4.69) is 29.3 Å². The minimum absolute atomic E-state index is 0.0206. The predicted octanol–water partition coefficient (Wildman–Crippen LogP) is 6.61. The maximum atomic E-state index is 14.4. The Balaban J connectivity index is 1.36. The third-order valence-corrected chi connectivity index (χ3v) is 10.1. The quantitative estimate of drug-likeness (QED) is 0.297. The average molecular weight is 609 g/mol. The molecule has 3 aromatic rings. The second kappa shape index (κ2) is 12.3. The fourth-order valence-electron chi connectivity index (χ4n) is 6.67. The number of ether oxygens (including phenoxy) is 1. The number of nitrogens with zero attached hydrogens (tertiary/aromatic N) is 2. The molecule has 5 rings (SSSR count). The van der Waals surface area contributed by atoms with Gasteiger partial charge < -0.3 is 19.9 Å². The van der Waals surface area contributed by atoms with Crippen molar-refractivity contribution in [3.8, 4) is 5.75 Å². The van der Waals surface area contributed by atoms with Gasteiger partial charge in [0.15, 0.2) is 0 Å². The number of benzene rings is 3. The van der Waals surface area contributed by atoms with Crippen molar-refractivity contribution in [1.82, 2.24) is 15.1 Å². The maximum absolute atomic E-state index is 14.4. The topological polar surface area (TPSA) is 61.9 Å². The number of likely N-dealkylation sites (tertiary alicyclic amines) is 1. The highest BCUT2D eigenvalue weighted by atomic mass is 35.5. The van der Waals surface area contributed by atoms with Crippen LogP contribution in [0.2, 0.25) is 10.0 Å². The third-order valence-electron chi connectivity index (χ3n) is 9.35. The molecule has 8 heteroatoms. The summed E-state index contributed by atoms with van der Waals surface area (Å²) in [6.45, 7) is 6.09. The van der Waals surface area contributed by atoms with Crippen LogP contribution >= 0.6 is 23.2 Å². The molecule has 1 aliphatic heterocycles. The zero-order chi connectivity index (χ0) is 30.1. The van der Waals surface area contributed by atoms with Gasteiger partial charge in [0.2, 0.25) is 11.8 Å². The number of methoxy groups -OCH3 is 1. The van der Waals surface area contributed by atoms with Crippen LogP contribution < -0.4 is 10.1 Å². The van der Waals surface area contributed by atoms with E-state index in [9.17, 15) is 9.59 Å². The molecule has 6 nitrogen and oxygen atoms in total. The fraction of sp³-hybridized carbons (Fsp3) is 0.412. The summed E-state index contributed by atoms with van der Waals surface area (Å²) in [5.74, 6) is 0.986. The van der Waals surface area contributed by atoms with Gasteiger partial charge in [-0.3, -0.25) is 9.59 Å². The Hall–Kier alpha value is -3.06. The smallest absolute Gasteiger partial charge is 0.233 e. The molecule has 0 radical (unpaired) electrons. The molecule has 3 aromatic carbocycles. The summed E-state index contributed by atoms with van der Waals surface area (Å²) >= 11 is 12.8. The van der Waals surface area contributed by atoms with Crippen molar-refractivity contribution in [2.45, 2.75) is 50.1 Å². The van der Waals surface area contributed by atoms with Gasteiger partial charge >= 0.3 is 0 Å². The van der Waals surface area contributed by atoms with Crippen LogP contribution in [0, 0.1) is 5.92 Å². The predicted molar refractivity (Wildman–Crippen MR) is 168 cm³/mol. The molecule has 1 heterocycles. The van der Waals surface area contributed by atoms with Gasteiger partial charge in [-0.1, -0.05) is 71.7 Å². The molecule has 2 amide bonds. The van der Waals surface area contributed by atoms with Gasteiger partial charge in [-0.05, 0) is 73.1 Å². The SMILES string of the molecule is COc1ccc(C(C)N(C)C(=O)C2(c3ccc(Cl)c(Cl)c3)CC2CN2CCC(NC(C)=O)(c3ccccc3)CC2)cc1. The summed E-state index contributed by atoms with van der Waals surface area (Å²) in [6, 6.07) is 23.6. The molecule has 222 valence electrons. The molecule has 0 bridgehead atoms. The lowest BCUT2D eigenvalue weighted by Crippen LogP contribution is -2.53. The standard InChI is InChI=1S/C34H39Cl2N3O3/c1-23(25-10-13-29(42-4)14-11-25)38(3)32(41)34(27-12-15-30(35)31(36)20-27)21-28(34)22-39-18-16-33(17-19-39,37-24(2)40)26-8-6-5-7-9-26/h5-15,20,23,28H,16-19,21-22H2,1-4H3,(H,37,40). The van der Waals surface area contributed by atoms with Gasteiger partial charge in [0.25, 0.3) is 0 Å². The molecule has 1 saturated heterocycles. The van der Waals surface area contributed by atoms with Crippen molar-refractivity contribution >= 4 is 35.0 Å². The lowest BCUT2D eigenvalue weighted by molar-refractivity contribution is -0.135. The number of nitrogens with one attached hydrogen (secondary N) is 1. The van der Waals surface area contributed by atoms with E-state index < -0.39 is 5.41 Å². The highest BCUT2D eigenvalue weighted by Gasteiger charge is 2.62. The highest BCUT2D eigenvalue weighted by molar-refractivity contribution is 6.42. The van der Waals surface area contributed by atoms with Crippen molar-refractivity contribution in [3.05, 3.63) is 99.5 Å². The summed E-state index contributed by atoms with van der Waals surface area (Å²) in [7, 11) is 3.53. The van der Waals surface area contributed by atoms with E-state index in [-0.39, 0.29) is 29.3 Å². The van der Waals surface area contributed by atoms with Crippen molar-refractivity contribution < 1.29 is 14.3 Å². The minimum atomic E-state index is -0.671. The second-order valence-corrected chi connectivity index (χ2v) is 12.6. The summed E-state index contributed by atoms with van der Waals surface area (Å²) in [6.07, 6.45) is 2.37. The Kier molecular flexibility index (Phi) is 8.89. The first-order valence-electron chi connectivity index (χ1n) is 14.5. The summed E-state index contributed by atoms with van der Waals surface area (Å²) in [5, 5.41) is 4.20. The maximum Gasteiger partial charge on any atom is 0.233 e. The van der Waals surface area contributed by atoms with Gasteiger partial charge in [0.05, 0.1) is 34.2 Å². The van der Waals surface area contributed by atoms with Crippen LogP contribution in [0.5, 0.6) is 5.75 Å². The molecular weight excluding hydrogens is 569 g/mol. The van der Waals surface area contributed by atoms with E-state index in [1.807, 2.05) is 66.5 Å². The van der Waals surface area contributed by atoms with Crippen LogP contribution in [0.25, 0.3) is 0 Å². The Labute approximate surface area is 258 Å². The number of amides is 2. The lowest BCUT2D eigenvalue weighted by atomic mass is 9.80. The van der Waals surface area contributed by atoms with Crippen LogP contribution in [-0.4, -0.2) is 55.4 Å². The number of rotatable bonds is 9. The molecule has 2 aliphatic rings. The molecule has 3 atom stereocenters. The Morgan fingerprint density at radius 3 is 2.26 bits per heavy atom. The number of halogens is 2. The van der Waals surface area contributed by atoms with Crippen LogP contribution in [-0.2, 0) is 20.5 Å². The first-order valence-corrected chi connectivity index (χ1v) is 15.3. The first kappa shape index (κ1) is 30.4. The van der Waals surface area contributed by atoms with E-state index in [0.29, 0.717) is 10.0 Å². The van der Waals surface area contributed by atoms with Crippen molar-refractivity contribution in [1.29, 1.82) is 0 Å². The van der Waals surface area contributed by atoms with E-state index in [0.717, 1.165) is 61.3 Å². The normalized spacial score (nSPS) is 22.2. The summed E-state index contributed by atoms with van der Waals surface area (Å²) < 4.78 is 5.31. The molecule has 1 saturated carbocycles. The molecule has 3 unspecified atom stereocenters. The van der Waals surface area contributed by atoms with Crippen molar-refractivity contribution in [2.24, 2.45) is 5.92 Å². The van der Waals surface area contributed by atoms with E-state index in [4.69, 9.17) is 27.9 Å². The monoisotopic (exact) mass is 607 g/mol. The second-order valence-electron chi connectivity index (χ2n) is 11.8. The Morgan fingerprint density at radius 1 is 1.00 bits per heavy atom. The largest absolute Gasteiger partial charge is 0.497 e. The minimum Gasteiger partial charge on any atom is -0.497 e. The zero-order valence-corrected chi connectivity index (χ0v) is 26.2.